The van der Waals surface area contributed by atoms with Gasteiger partial charge in [-0.25, -0.2) is 4.79 Å². The molecule has 0 radical (unpaired) electrons. The lowest BCUT2D eigenvalue weighted by atomic mass is 9.95. The molecular formula is C28H32N2O6. The summed E-state index contributed by atoms with van der Waals surface area (Å²) in [6, 6.07) is 13.1. The summed E-state index contributed by atoms with van der Waals surface area (Å²) in [4.78, 5) is 38.9. The predicted molar refractivity (Wildman–Crippen MR) is 136 cm³/mol. The van der Waals surface area contributed by atoms with Crippen LogP contribution in [0.4, 0.5) is 5.69 Å². The third-order valence-corrected chi connectivity index (χ3v) is 6.32. The Morgan fingerprint density at radius 2 is 1.89 bits per heavy atom. The topological polar surface area (TPSA) is 94.2 Å². The SMILES string of the molecule is CCOc1cc2c(cc1/C=C\C(=O)OCC(=O)N1CCC(C(=O)Nc3ccccc3)CC1)O[C@@H](C)C2. The van der Waals surface area contributed by atoms with Crippen molar-refractivity contribution in [2.24, 2.45) is 5.92 Å². The first-order chi connectivity index (χ1) is 17.4. The Morgan fingerprint density at radius 1 is 1.14 bits per heavy atom. The third-order valence-electron chi connectivity index (χ3n) is 6.32. The molecule has 2 aromatic carbocycles. The summed E-state index contributed by atoms with van der Waals surface area (Å²) >= 11 is 0. The summed E-state index contributed by atoms with van der Waals surface area (Å²) in [6.07, 6.45) is 4.96. The lowest BCUT2D eigenvalue weighted by Crippen LogP contribution is -2.43. The molecule has 2 aromatic rings. The molecular weight excluding hydrogens is 460 g/mol. The van der Waals surface area contributed by atoms with Gasteiger partial charge in [0.25, 0.3) is 5.91 Å². The molecule has 1 fully saturated rings. The fourth-order valence-electron chi connectivity index (χ4n) is 4.45. The molecule has 0 aromatic heterocycles. The van der Waals surface area contributed by atoms with Crippen molar-refractivity contribution in [1.29, 1.82) is 0 Å². The molecule has 36 heavy (non-hydrogen) atoms. The van der Waals surface area contributed by atoms with E-state index in [0.717, 1.165) is 23.4 Å². The van der Waals surface area contributed by atoms with Gasteiger partial charge in [0.15, 0.2) is 6.61 Å². The zero-order chi connectivity index (χ0) is 25.5. The molecule has 0 spiro atoms. The molecule has 1 N–H and O–H groups in total. The number of piperidine rings is 1. The average Bonchev–Trinajstić information content (AvgIpc) is 3.25. The van der Waals surface area contributed by atoms with Crippen molar-refractivity contribution >= 4 is 29.5 Å². The number of rotatable bonds is 8. The maximum absolute atomic E-state index is 12.5. The zero-order valence-corrected chi connectivity index (χ0v) is 20.7. The van der Waals surface area contributed by atoms with Crippen LogP contribution >= 0.6 is 0 Å². The van der Waals surface area contributed by atoms with Gasteiger partial charge in [-0.15, -0.1) is 0 Å². The van der Waals surface area contributed by atoms with E-state index in [2.05, 4.69) is 5.32 Å². The first-order valence-corrected chi connectivity index (χ1v) is 12.4. The van der Waals surface area contributed by atoms with Gasteiger partial charge >= 0.3 is 5.97 Å². The Bertz CT molecular complexity index is 1120. The number of likely N-dealkylation sites (tertiary alicyclic amines) is 1. The second-order valence-electron chi connectivity index (χ2n) is 9.01. The quantitative estimate of drug-likeness (QED) is 0.445. The number of hydrogen-bond acceptors (Lipinski definition) is 6. The van der Waals surface area contributed by atoms with Crippen LogP contribution in [0, 0.1) is 5.92 Å². The van der Waals surface area contributed by atoms with Crippen molar-refractivity contribution < 1.29 is 28.6 Å². The fourth-order valence-corrected chi connectivity index (χ4v) is 4.45. The van der Waals surface area contributed by atoms with Gasteiger partial charge in [-0.2, -0.15) is 0 Å². The van der Waals surface area contributed by atoms with Crippen LogP contribution < -0.4 is 14.8 Å². The Kier molecular flexibility index (Phi) is 8.25. The van der Waals surface area contributed by atoms with Crippen molar-refractivity contribution in [2.45, 2.75) is 39.2 Å². The van der Waals surface area contributed by atoms with Gasteiger partial charge in [0.05, 0.1) is 6.61 Å². The molecule has 8 heteroatoms. The van der Waals surface area contributed by atoms with Gasteiger partial charge in [0.1, 0.15) is 17.6 Å². The fraction of sp³-hybridized carbons (Fsp3) is 0.393. The largest absolute Gasteiger partial charge is 0.493 e. The smallest absolute Gasteiger partial charge is 0.331 e. The van der Waals surface area contributed by atoms with Gasteiger partial charge in [0, 0.05) is 48.3 Å². The normalized spacial score (nSPS) is 17.4. The van der Waals surface area contributed by atoms with E-state index in [0.29, 0.717) is 43.9 Å². The minimum atomic E-state index is -0.613. The number of anilines is 1. The second-order valence-corrected chi connectivity index (χ2v) is 9.01. The molecule has 1 saturated heterocycles. The molecule has 0 unspecified atom stereocenters. The van der Waals surface area contributed by atoms with E-state index in [-0.39, 0.29) is 30.4 Å². The molecule has 4 rings (SSSR count). The predicted octanol–water partition coefficient (Wildman–Crippen LogP) is 3.84. The number of carbonyl (C=O) groups is 3. The standard InChI is InChI=1S/C28H32N2O6/c1-3-34-24-17-22-15-19(2)36-25(22)16-21(24)9-10-27(32)35-18-26(31)30-13-11-20(12-14-30)28(33)29-23-7-5-4-6-8-23/h4-10,16-17,19-20H,3,11-15,18H2,1-2H3,(H,29,33)/b10-9-/t19-/m0/s1. The van der Waals surface area contributed by atoms with Crippen LogP contribution in [0.15, 0.2) is 48.5 Å². The van der Waals surface area contributed by atoms with Crippen molar-refractivity contribution in [1.82, 2.24) is 4.90 Å². The summed E-state index contributed by atoms with van der Waals surface area (Å²) in [5.74, 6) is 0.385. The van der Waals surface area contributed by atoms with Gasteiger partial charge in [-0.05, 0) is 57.0 Å². The van der Waals surface area contributed by atoms with Crippen LogP contribution in [0.5, 0.6) is 11.5 Å². The number of para-hydroxylation sites is 1. The van der Waals surface area contributed by atoms with E-state index < -0.39 is 5.97 Å². The maximum Gasteiger partial charge on any atom is 0.331 e. The summed E-state index contributed by atoms with van der Waals surface area (Å²) in [5.41, 5.74) is 2.55. The van der Waals surface area contributed by atoms with Crippen molar-refractivity contribution in [2.75, 3.05) is 31.6 Å². The first-order valence-electron chi connectivity index (χ1n) is 12.4. The number of ether oxygens (including phenoxy) is 3. The van der Waals surface area contributed by atoms with Gasteiger partial charge in [0.2, 0.25) is 5.91 Å². The molecule has 2 aliphatic heterocycles. The van der Waals surface area contributed by atoms with Crippen LogP contribution in [0.1, 0.15) is 37.8 Å². The molecule has 1 atom stereocenters. The summed E-state index contributed by atoms with van der Waals surface area (Å²) in [6.45, 7) is 4.96. The summed E-state index contributed by atoms with van der Waals surface area (Å²) in [7, 11) is 0. The maximum atomic E-state index is 12.5. The number of esters is 1. The van der Waals surface area contributed by atoms with Crippen molar-refractivity contribution in [3.63, 3.8) is 0 Å². The third kappa shape index (κ3) is 6.44. The molecule has 190 valence electrons. The van der Waals surface area contributed by atoms with Crippen LogP contribution in [0.25, 0.3) is 6.08 Å². The molecule has 2 amide bonds. The minimum Gasteiger partial charge on any atom is -0.493 e. The number of nitrogens with one attached hydrogen (secondary N) is 1. The van der Waals surface area contributed by atoms with E-state index in [9.17, 15) is 14.4 Å². The Labute approximate surface area is 211 Å². The Hall–Kier alpha value is -3.81. The lowest BCUT2D eigenvalue weighted by Gasteiger charge is -2.31. The number of hydrogen-bond donors (Lipinski definition) is 1. The number of benzene rings is 2. The Morgan fingerprint density at radius 3 is 2.61 bits per heavy atom. The highest BCUT2D eigenvalue weighted by Gasteiger charge is 2.28. The van der Waals surface area contributed by atoms with Gasteiger partial charge in [-0.3, -0.25) is 9.59 Å². The molecule has 2 aliphatic rings. The number of carbonyl (C=O) groups excluding carboxylic acids is 3. The Balaban J connectivity index is 1.24. The highest BCUT2D eigenvalue weighted by atomic mass is 16.5. The second kappa shape index (κ2) is 11.7. The minimum absolute atomic E-state index is 0.0392. The molecule has 8 nitrogen and oxygen atoms in total. The average molecular weight is 493 g/mol. The van der Waals surface area contributed by atoms with E-state index in [1.807, 2.05) is 56.3 Å². The van der Waals surface area contributed by atoms with E-state index in [4.69, 9.17) is 14.2 Å². The highest BCUT2D eigenvalue weighted by Crippen LogP contribution is 2.35. The van der Waals surface area contributed by atoms with E-state index >= 15 is 0 Å². The zero-order valence-electron chi connectivity index (χ0n) is 20.7. The monoisotopic (exact) mass is 492 g/mol. The van der Waals surface area contributed by atoms with Crippen LogP contribution in [0.2, 0.25) is 0 Å². The van der Waals surface area contributed by atoms with Crippen LogP contribution in [-0.2, 0) is 25.5 Å². The first kappa shape index (κ1) is 25.3. The van der Waals surface area contributed by atoms with Crippen molar-refractivity contribution in [3.05, 3.63) is 59.7 Å². The molecule has 2 heterocycles. The van der Waals surface area contributed by atoms with Crippen molar-refractivity contribution in [3.8, 4) is 11.5 Å². The summed E-state index contributed by atoms with van der Waals surface area (Å²) < 4.78 is 16.7. The number of amides is 2. The molecule has 0 saturated carbocycles. The van der Waals surface area contributed by atoms with Crippen LogP contribution in [0.3, 0.4) is 0 Å². The highest BCUT2D eigenvalue weighted by molar-refractivity contribution is 5.93. The lowest BCUT2D eigenvalue weighted by molar-refractivity contribution is -0.149. The number of nitrogens with zero attached hydrogens (tertiary/aromatic N) is 1. The van der Waals surface area contributed by atoms with E-state index in [1.54, 1.807) is 11.0 Å². The van der Waals surface area contributed by atoms with Gasteiger partial charge < -0.3 is 24.4 Å². The van der Waals surface area contributed by atoms with E-state index in [1.165, 1.54) is 6.08 Å². The number of fused-ring (bicyclic) bond motifs is 1. The molecule has 0 aliphatic carbocycles. The molecule has 0 bridgehead atoms. The van der Waals surface area contributed by atoms with Crippen LogP contribution in [-0.4, -0.2) is 55.1 Å². The van der Waals surface area contributed by atoms with Gasteiger partial charge in [-0.1, -0.05) is 18.2 Å². The summed E-state index contributed by atoms with van der Waals surface area (Å²) in [5, 5.41) is 2.91.